The third kappa shape index (κ3) is 5.41. The molecule has 28 heavy (non-hydrogen) atoms. The van der Waals surface area contributed by atoms with Gasteiger partial charge in [-0.25, -0.2) is 0 Å². The predicted octanol–water partition coefficient (Wildman–Crippen LogP) is 4.36. The maximum atomic E-state index is 12.6. The van der Waals surface area contributed by atoms with Crippen LogP contribution in [0.4, 0.5) is 0 Å². The SMILES string of the molecule is CCN(Cc1cccc2c1OCCO2)C(=O)CCCCOc1cccc(C)c1. The Hall–Kier alpha value is -2.69. The van der Waals surface area contributed by atoms with Crippen LogP contribution >= 0.6 is 0 Å². The van der Waals surface area contributed by atoms with E-state index in [4.69, 9.17) is 14.2 Å². The summed E-state index contributed by atoms with van der Waals surface area (Å²) in [5.41, 5.74) is 2.18. The van der Waals surface area contributed by atoms with Gasteiger partial charge in [-0.1, -0.05) is 24.3 Å². The number of benzene rings is 2. The van der Waals surface area contributed by atoms with Crippen LogP contribution in [-0.2, 0) is 11.3 Å². The number of hydrogen-bond acceptors (Lipinski definition) is 4. The van der Waals surface area contributed by atoms with Crippen molar-refractivity contribution in [3.8, 4) is 17.2 Å². The molecule has 3 rings (SSSR count). The summed E-state index contributed by atoms with van der Waals surface area (Å²) in [5.74, 6) is 2.58. The number of aryl methyl sites for hydroxylation is 1. The standard InChI is InChI=1S/C23H29NO4/c1-3-24(17-19-9-7-11-21-23(19)28-15-14-27-21)22(25)12-4-5-13-26-20-10-6-8-18(2)16-20/h6-11,16H,3-5,12-15,17H2,1-2H3. The molecule has 2 aromatic rings. The van der Waals surface area contributed by atoms with Crippen LogP contribution in [0.15, 0.2) is 42.5 Å². The van der Waals surface area contributed by atoms with E-state index in [9.17, 15) is 4.79 Å². The second kappa shape index (κ2) is 10.0. The Morgan fingerprint density at radius 2 is 1.93 bits per heavy atom. The lowest BCUT2D eigenvalue weighted by atomic mass is 10.1. The molecule has 0 unspecified atom stereocenters. The summed E-state index contributed by atoms with van der Waals surface area (Å²) in [7, 11) is 0. The molecule has 1 aliphatic rings. The van der Waals surface area contributed by atoms with Crippen LogP contribution in [-0.4, -0.2) is 37.2 Å². The number of ether oxygens (including phenoxy) is 3. The molecule has 0 bridgehead atoms. The normalized spacial score (nSPS) is 12.5. The Morgan fingerprint density at radius 1 is 1.11 bits per heavy atom. The van der Waals surface area contributed by atoms with Crippen molar-refractivity contribution in [2.45, 2.75) is 39.7 Å². The molecule has 0 aliphatic carbocycles. The molecule has 1 heterocycles. The van der Waals surface area contributed by atoms with Gasteiger partial charge in [-0.3, -0.25) is 4.79 Å². The molecule has 0 fully saturated rings. The largest absolute Gasteiger partial charge is 0.494 e. The second-order valence-electron chi connectivity index (χ2n) is 6.97. The average Bonchev–Trinajstić information content (AvgIpc) is 2.71. The van der Waals surface area contributed by atoms with Crippen molar-refractivity contribution in [3.63, 3.8) is 0 Å². The number of fused-ring (bicyclic) bond motifs is 1. The molecular formula is C23H29NO4. The maximum absolute atomic E-state index is 12.6. The first-order chi connectivity index (χ1) is 13.7. The number of rotatable bonds is 9. The van der Waals surface area contributed by atoms with Gasteiger partial charge in [-0.2, -0.15) is 0 Å². The molecule has 1 amide bonds. The number of hydrogen-bond donors (Lipinski definition) is 0. The molecule has 0 aromatic heterocycles. The van der Waals surface area contributed by atoms with E-state index in [-0.39, 0.29) is 5.91 Å². The van der Waals surface area contributed by atoms with E-state index in [2.05, 4.69) is 0 Å². The summed E-state index contributed by atoms with van der Waals surface area (Å²) >= 11 is 0. The van der Waals surface area contributed by atoms with Gasteiger partial charge in [0.25, 0.3) is 0 Å². The van der Waals surface area contributed by atoms with Gasteiger partial charge in [0.2, 0.25) is 5.91 Å². The monoisotopic (exact) mass is 383 g/mol. The number of nitrogens with zero attached hydrogens (tertiary/aromatic N) is 1. The van der Waals surface area contributed by atoms with Crippen molar-refractivity contribution in [1.29, 1.82) is 0 Å². The summed E-state index contributed by atoms with van der Waals surface area (Å²) in [6, 6.07) is 13.9. The van der Waals surface area contributed by atoms with E-state index in [1.807, 2.05) is 61.2 Å². The van der Waals surface area contributed by atoms with E-state index in [0.717, 1.165) is 35.7 Å². The van der Waals surface area contributed by atoms with Crippen molar-refractivity contribution in [2.75, 3.05) is 26.4 Å². The van der Waals surface area contributed by atoms with Gasteiger partial charge >= 0.3 is 0 Å². The molecular weight excluding hydrogens is 354 g/mol. The highest BCUT2D eigenvalue weighted by Gasteiger charge is 2.19. The van der Waals surface area contributed by atoms with E-state index in [1.54, 1.807) is 0 Å². The summed E-state index contributed by atoms with van der Waals surface area (Å²) in [6.45, 7) is 7.00. The minimum absolute atomic E-state index is 0.160. The zero-order valence-corrected chi connectivity index (χ0v) is 16.8. The Morgan fingerprint density at radius 3 is 2.75 bits per heavy atom. The second-order valence-corrected chi connectivity index (χ2v) is 6.97. The first kappa shape index (κ1) is 20.1. The number of unbranched alkanes of at least 4 members (excludes halogenated alkanes) is 1. The smallest absolute Gasteiger partial charge is 0.222 e. The van der Waals surface area contributed by atoms with Crippen LogP contribution in [0.3, 0.4) is 0 Å². The number of carbonyl (C=O) groups excluding carboxylic acids is 1. The highest BCUT2D eigenvalue weighted by atomic mass is 16.6. The highest BCUT2D eigenvalue weighted by molar-refractivity contribution is 5.76. The summed E-state index contributed by atoms with van der Waals surface area (Å²) in [6.07, 6.45) is 2.19. The lowest BCUT2D eigenvalue weighted by Gasteiger charge is -2.25. The van der Waals surface area contributed by atoms with Crippen LogP contribution in [0, 0.1) is 6.92 Å². The lowest BCUT2D eigenvalue weighted by Crippen LogP contribution is -2.30. The van der Waals surface area contributed by atoms with Crippen LogP contribution in [0.5, 0.6) is 17.2 Å². The van der Waals surface area contributed by atoms with Crippen LogP contribution in [0.2, 0.25) is 0 Å². The van der Waals surface area contributed by atoms with E-state index in [0.29, 0.717) is 39.3 Å². The third-order valence-electron chi connectivity index (χ3n) is 4.79. The van der Waals surface area contributed by atoms with Gasteiger partial charge in [-0.05, 0) is 50.5 Å². The van der Waals surface area contributed by atoms with Crippen molar-refractivity contribution < 1.29 is 19.0 Å². The maximum Gasteiger partial charge on any atom is 0.222 e. The Labute approximate surface area is 167 Å². The van der Waals surface area contributed by atoms with E-state index >= 15 is 0 Å². The molecule has 5 heteroatoms. The molecule has 0 spiro atoms. The van der Waals surface area contributed by atoms with Gasteiger partial charge in [0.05, 0.1) is 6.61 Å². The predicted molar refractivity (Wildman–Crippen MR) is 109 cm³/mol. The van der Waals surface area contributed by atoms with Gasteiger partial charge in [-0.15, -0.1) is 0 Å². The molecule has 2 aromatic carbocycles. The Kier molecular flexibility index (Phi) is 7.18. The molecule has 150 valence electrons. The quantitative estimate of drug-likeness (QED) is 0.604. The molecule has 0 saturated carbocycles. The Balaban J connectivity index is 1.45. The summed E-state index contributed by atoms with van der Waals surface area (Å²) < 4.78 is 17.2. The molecule has 0 atom stereocenters. The van der Waals surface area contributed by atoms with Gasteiger partial charge < -0.3 is 19.1 Å². The van der Waals surface area contributed by atoms with Gasteiger partial charge in [0.15, 0.2) is 11.5 Å². The number of amides is 1. The molecule has 0 N–H and O–H groups in total. The van der Waals surface area contributed by atoms with Crippen LogP contribution in [0.1, 0.15) is 37.3 Å². The van der Waals surface area contributed by atoms with Crippen molar-refractivity contribution in [1.82, 2.24) is 4.90 Å². The van der Waals surface area contributed by atoms with Gasteiger partial charge in [0, 0.05) is 25.1 Å². The fourth-order valence-electron chi connectivity index (χ4n) is 3.27. The van der Waals surface area contributed by atoms with Crippen molar-refractivity contribution >= 4 is 5.91 Å². The Bertz CT molecular complexity index is 790. The summed E-state index contributed by atoms with van der Waals surface area (Å²) in [5, 5.41) is 0. The topological polar surface area (TPSA) is 48.0 Å². The van der Waals surface area contributed by atoms with Crippen molar-refractivity contribution in [2.24, 2.45) is 0 Å². The fourth-order valence-corrected chi connectivity index (χ4v) is 3.27. The number of carbonyl (C=O) groups is 1. The first-order valence-corrected chi connectivity index (χ1v) is 10.0. The van der Waals surface area contributed by atoms with Crippen LogP contribution in [0.25, 0.3) is 0 Å². The minimum Gasteiger partial charge on any atom is -0.494 e. The van der Waals surface area contributed by atoms with E-state index < -0.39 is 0 Å². The minimum atomic E-state index is 0.160. The molecule has 0 saturated heterocycles. The summed E-state index contributed by atoms with van der Waals surface area (Å²) in [4.78, 5) is 14.5. The molecule has 0 radical (unpaired) electrons. The van der Waals surface area contributed by atoms with E-state index in [1.165, 1.54) is 5.56 Å². The van der Waals surface area contributed by atoms with Gasteiger partial charge in [0.1, 0.15) is 19.0 Å². The zero-order chi connectivity index (χ0) is 19.8. The number of para-hydroxylation sites is 1. The highest BCUT2D eigenvalue weighted by Crippen LogP contribution is 2.34. The molecule has 5 nitrogen and oxygen atoms in total. The van der Waals surface area contributed by atoms with Crippen LogP contribution < -0.4 is 14.2 Å². The molecule has 1 aliphatic heterocycles. The lowest BCUT2D eigenvalue weighted by molar-refractivity contribution is -0.131. The van der Waals surface area contributed by atoms with Crippen molar-refractivity contribution in [3.05, 3.63) is 53.6 Å². The zero-order valence-electron chi connectivity index (χ0n) is 16.8. The average molecular weight is 383 g/mol. The fraction of sp³-hybridized carbons (Fsp3) is 0.435. The third-order valence-corrected chi connectivity index (χ3v) is 4.79. The first-order valence-electron chi connectivity index (χ1n) is 10.0.